The molecule has 0 spiro atoms. The van der Waals surface area contributed by atoms with Gasteiger partial charge in [-0.1, -0.05) is 29.3 Å². The predicted molar refractivity (Wildman–Crippen MR) is 162 cm³/mol. The number of ether oxygens (including phenoxy) is 1. The average molecular weight is 660 g/mol. The number of fused-ring (bicyclic) bond motifs is 1. The minimum absolute atomic E-state index is 0.0389. The van der Waals surface area contributed by atoms with Crippen molar-refractivity contribution in [2.45, 2.75) is 13.5 Å². The van der Waals surface area contributed by atoms with Gasteiger partial charge in [-0.3, -0.25) is 23.8 Å². The summed E-state index contributed by atoms with van der Waals surface area (Å²) in [5.41, 5.74) is 3.23. The van der Waals surface area contributed by atoms with Crippen LogP contribution in [0, 0.1) is 6.92 Å². The molecule has 10 nitrogen and oxygen atoms in total. The lowest BCUT2D eigenvalue weighted by molar-refractivity contribution is -0.122. The van der Waals surface area contributed by atoms with E-state index in [0.29, 0.717) is 33.2 Å². The maximum Gasteiger partial charge on any atom is 0.269 e. The first-order valence-corrected chi connectivity index (χ1v) is 13.8. The van der Waals surface area contributed by atoms with Crippen molar-refractivity contribution >= 4 is 74.3 Å². The van der Waals surface area contributed by atoms with E-state index in [1.165, 1.54) is 30.3 Å². The molecule has 41 heavy (non-hydrogen) atoms. The minimum Gasteiger partial charge on any atom is -0.485 e. The van der Waals surface area contributed by atoms with Crippen molar-refractivity contribution < 1.29 is 19.1 Å². The Bertz CT molecular complexity index is 1660. The van der Waals surface area contributed by atoms with E-state index in [2.05, 4.69) is 36.5 Å². The highest BCUT2D eigenvalue weighted by molar-refractivity contribution is 9.10. The number of carbonyl (C=O) groups is 3. The van der Waals surface area contributed by atoms with Gasteiger partial charge in [-0.25, -0.2) is 4.98 Å². The number of hydrogen-bond donors (Lipinski definition) is 2. The zero-order valence-corrected chi connectivity index (χ0v) is 25.3. The van der Waals surface area contributed by atoms with Gasteiger partial charge in [0, 0.05) is 43.2 Å². The molecule has 0 aliphatic heterocycles. The van der Waals surface area contributed by atoms with Crippen LogP contribution < -0.4 is 20.3 Å². The third-order valence-corrected chi connectivity index (χ3v) is 7.81. The molecule has 0 fully saturated rings. The molecule has 4 rings (SSSR count). The highest BCUT2D eigenvalue weighted by atomic mass is 79.9. The van der Waals surface area contributed by atoms with Gasteiger partial charge >= 0.3 is 0 Å². The summed E-state index contributed by atoms with van der Waals surface area (Å²) in [5, 5.41) is 5.66. The number of carbonyl (C=O) groups excluding carboxylic acids is 3. The number of hydrogen-bond acceptors (Lipinski definition) is 6. The number of aromatic nitrogens is 3. The second kappa shape index (κ2) is 13.2. The van der Waals surface area contributed by atoms with Crippen LogP contribution in [0.3, 0.4) is 0 Å². The molecule has 0 saturated heterocycles. The molecule has 0 bridgehead atoms. The Kier molecular flexibility index (Phi) is 9.64. The lowest BCUT2D eigenvalue weighted by atomic mass is 10.2. The van der Waals surface area contributed by atoms with Crippen LogP contribution in [0.1, 0.15) is 27.3 Å². The second-order valence-corrected chi connectivity index (χ2v) is 10.3. The molecule has 3 heterocycles. The lowest BCUT2D eigenvalue weighted by Crippen LogP contribution is -2.37. The monoisotopic (exact) mass is 658 g/mol. The zero-order chi connectivity index (χ0) is 29.7. The van der Waals surface area contributed by atoms with Crippen LogP contribution in [0.15, 0.2) is 59.5 Å². The SMILES string of the molecule is CNC(=O)c1ccc(C=CC(=O)NCC(=O)N(C)c2ccc(Cl)c(COc3cccn4c(Br)c(C)nc34)c2Cl)cn1. The molecule has 212 valence electrons. The van der Waals surface area contributed by atoms with Crippen molar-refractivity contribution in [2.75, 3.05) is 25.5 Å². The van der Waals surface area contributed by atoms with E-state index < -0.39 is 11.8 Å². The molecule has 4 aromatic rings. The number of pyridine rings is 2. The summed E-state index contributed by atoms with van der Waals surface area (Å²) < 4.78 is 8.72. The van der Waals surface area contributed by atoms with E-state index in [4.69, 9.17) is 27.9 Å². The van der Waals surface area contributed by atoms with Gasteiger partial charge in [0.25, 0.3) is 5.91 Å². The molecular weight excluding hydrogens is 635 g/mol. The van der Waals surface area contributed by atoms with Gasteiger partial charge < -0.3 is 20.3 Å². The van der Waals surface area contributed by atoms with Crippen LogP contribution in [-0.4, -0.2) is 52.7 Å². The fourth-order valence-electron chi connectivity index (χ4n) is 3.78. The smallest absolute Gasteiger partial charge is 0.269 e. The van der Waals surface area contributed by atoms with Crippen molar-refractivity contribution in [2.24, 2.45) is 0 Å². The average Bonchev–Trinajstić information content (AvgIpc) is 3.27. The van der Waals surface area contributed by atoms with Crippen molar-refractivity contribution in [1.82, 2.24) is 25.0 Å². The predicted octanol–water partition coefficient (Wildman–Crippen LogP) is 4.84. The van der Waals surface area contributed by atoms with Gasteiger partial charge in [-0.05, 0) is 64.8 Å². The number of imidazole rings is 1. The van der Waals surface area contributed by atoms with Crippen LogP contribution >= 0.6 is 39.1 Å². The van der Waals surface area contributed by atoms with Crippen molar-refractivity contribution in [3.63, 3.8) is 0 Å². The van der Waals surface area contributed by atoms with E-state index in [9.17, 15) is 14.4 Å². The molecule has 0 atom stereocenters. The first-order chi connectivity index (χ1) is 19.6. The Morgan fingerprint density at radius 3 is 2.66 bits per heavy atom. The largest absolute Gasteiger partial charge is 0.485 e. The Labute approximate surface area is 254 Å². The molecule has 13 heteroatoms. The van der Waals surface area contributed by atoms with E-state index in [0.717, 1.165) is 10.3 Å². The highest BCUT2D eigenvalue weighted by Crippen LogP contribution is 2.35. The van der Waals surface area contributed by atoms with E-state index in [1.807, 2.05) is 23.6 Å². The van der Waals surface area contributed by atoms with Crippen LogP contribution in [0.5, 0.6) is 5.75 Å². The first-order valence-electron chi connectivity index (χ1n) is 12.2. The maximum atomic E-state index is 12.9. The Morgan fingerprint density at radius 2 is 1.95 bits per heavy atom. The van der Waals surface area contributed by atoms with Crippen LogP contribution in [0.2, 0.25) is 10.0 Å². The molecule has 3 aromatic heterocycles. The molecule has 0 aliphatic rings. The molecule has 1 aromatic carbocycles. The van der Waals surface area contributed by atoms with Crippen molar-refractivity contribution in [3.8, 4) is 5.75 Å². The van der Waals surface area contributed by atoms with Crippen LogP contribution in [-0.2, 0) is 16.2 Å². The molecule has 0 saturated carbocycles. The number of nitrogens with one attached hydrogen (secondary N) is 2. The van der Waals surface area contributed by atoms with E-state index >= 15 is 0 Å². The van der Waals surface area contributed by atoms with Crippen LogP contribution in [0.25, 0.3) is 11.7 Å². The molecule has 3 amide bonds. The standard InChI is InChI=1S/C28H25BrCl2N6O4/c1-16-26(29)37-12-4-5-22(27(37)35-16)41-15-18-19(30)8-10-21(25(18)31)36(3)24(39)14-34-23(38)11-7-17-6-9-20(33-13-17)28(40)32-2/h4-13H,14-15H2,1-3H3,(H,32,40)(H,34,38). The highest BCUT2D eigenvalue weighted by Gasteiger charge is 2.20. The number of rotatable bonds is 9. The van der Waals surface area contributed by atoms with Crippen molar-refractivity contribution in [3.05, 3.63) is 92.0 Å². The fourth-order valence-corrected chi connectivity index (χ4v) is 4.76. The van der Waals surface area contributed by atoms with Gasteiger partial charge in [0.05, 0.1) is 22.9 Å². The summed E-state index contributed by atoms with van der Waals surface area (Å²) in [7, 11) is 3.06. The summed E-state index contributed by atoms with van der Waals surface area (Å²) >= 11 is 16.6. The fraction of sp³-hybridized carbons (Fsp3) is 0.179. The number of benzene rings is 1. The summed E-state index contributed by atoms with van der Waals surface area (Å²) in [4.78, 5) is 46.6. The molecule has 0 aliphatic carbocycles. The number of anilines is 1. The van der Waals surface area contributed by atoms with Gasteiger partial charge in [0.2, 0.25) is 11.8 Å². The number of nitrogens with zero attached hydrogens (tertiary/aromatic N) is 4. The lowest BCUT2D eigenvalue weighted by Gasteiger charge is -2.21. The number of aryl methyl sites for hydroxylation is 1. The van der Waals surface area contributed by atoms with Crippen molar-refractivity contribution in [1.29, 1.82) is 0 Å². The van der Waals surface area contributed by atoms with Gasteiger partial charge in [0.1, 0.15) is 16.9 Å². The minimum atomic E-state index is -0.478. The van der Waals surface area contributed by atoms with E-state index in [1.54, 1.807) is 37.4 Å². The third-order valence-electron chi connectivity index (χ3n) is 6.08. The molecule has 0 radical (unpaired) electrons. The summed E-state index contributed by atoms with van der Waals surface area (Å²) in [6.07, 6.45) is 6.13. The maximum absolute atomic E-state index is 12.9. The van der Waals surface area contributed by atoms with E-state index in [-0.39, 0.29) is 29.8 Å². The number of likely N-dealkylation sites (N-methyl/N-ethyl adjacent to an activating group) is 1. The summed E-state index contributed by atoms with van der Waals surface area (Å²) in [5.74, 6) is -0.649. The topological polar surface area (TPSA) is 118 Å². The van der Waals surface area contributed by atoms with Gasteiger partial charge in [0.15, 0.2) is 11.4 Å². The summed E-state index contributed by atoms with van der Waals surface area (Å²) in [6.45, 7) is 1.65. The quantitative estimate of drug-likeness (QED) is 0.249. The number of amides is 3. The molecular formula is C28H25BrCl2N6O4. The Balaban J connectivity index is 1.39. The molecule has 2 N–H and O–H groups in total. The third kappa shape index (κ3) is 6.87. The van der Waals surface area contributed by atoms with Gasteiger partial charge in [-0.2, -0.15) is 0 Å². The zero-order valence-electron chi connectivity index (χ0n) is 22.2. The Morgan fingerprint density at radius 1 is 1.17 bits per heavy atom. The summed E-state index contributed by atoms with van der Waals surface area (Å²) in [6, 6.07) is 10.1. The normalized spacial score (nSPS) is 11.1. The second-order valence-electron chi connectivity index (χ2n) is 8.76. The van der Waals surface area contributed by atoms with Gasteiger partial charge in [-0.15, -0.1) is 0 Å². The molecule has 0 unspecified atom stereocenters. The van der Waals surface area contributed by atoms with Crippen LogP contribution in [0.4, 0.5) is 5.69 Å². The number of halogens is 3. The first kappa shape index (κ1) is 30.0. The Hall–Kier alpha value is -3.93.